The topological polar surface area (TPSA) is 53.1 Å². The summed E-state index contributed by atoms with van der Waals surface area (Å²) in [5.74, 6) is 2.45. The highest BCUT2D eigenvalue weighted by Gasteiger charge is 2.19. The third-order valence-electron chi connectivity index (χ3n) is 3.38. The fourth-order valence-corrected chi connectivity index (χ4v) is 2.78. The molecule has 0 amide bonds. The van der Waals surface area contributed by atoms with Gasteiger partial charge in [0.05, 0.1) is 0 Å². The maximum Gasteiger partial charge on any atom is 0.145 e. The first-order valence-corrected chi connectivity index (χ1v) is 7.66. The van der Waals surface area contributed by atoms with Crippen LogP contribution >= 0.6 is 15.9 Å². The van der Waals surface area contributed by atoms with Gasteiger partial charge < -0.3 is 15.5 Å². The molecule has 1 saturated heterocycles. The van der Waals surface area contributed by atoms with E-state index in [0.717, 1.165) is 42.2 Å². The Hall–Kier alpha value is -0.880. The van der Waals surface area contributed by atoms with Gasteiger partial charge in [0.2, 0.25) is 0 Å². The fraction of sp³-hybridized carbons (Fsp3) is 0.692. The van der Waals surface area contributed by atoms with Crippen LogP contribution in [0.3, 0.4) is 0 Å². The molecular formula is C13H22BrN5. The predicted molar refractivity (Wildman–Crippen MR) is 82.6 cm³/mol. The van der Waals surface area contributed by atoms with Gasteiger partial charge in [-0.2, -0.15) is 0 Å². The van der Waals surface area contributed by atoms with E-state index in [0.29, 0.717) is 5.92 Å². The molecule has 1 atom stereocenters. The van der Waals surface area contributed by atoms with Crippen LogP contribution < -0.4 is 10.6 Å². The number of nitrogens with one attached hydrogen (secondary N) is 2. The monoisotopic (exact) mass is 327 g/mol. The van der Waals surface area contributed by atoms with E-state index < -0.39 is 0 Å². The van der Waals surface area contributed by atoms with Gasteiger partial charge in [-0.25, -0.2) is 9.97 Å². The second-order valence-electron chi connectivity index (χ2n) is 5.11. The average Bonchev–Trinajstić information content (AvgIpc) is 2.82. The molecule has 1 aromatic rings. The van der Waals surface area contributed by atoms with Crippen molar-refractivity contribution in [2.75, 3.05) is 43.9 Å². The van der Waals surface area contributed by atoms with E-state index in [9.17, 15) is 0 Å². The van der Waals surface area contributed by atoms with E-state index in [1.54, 1.807) is 6.33 Å². The standard InChI is InChI=1S/C13H22BrN5/c1-3-5-15-12-11(14)13(18-9-17-12)16-7-10-4-6-19(2)8-10/h9-10H,3-8H2,1-2H3,(H2,15,16,17,18). The lowest BCUT2D eigenvalue weighted by Crippen LogP contribution is -2.19. The van der Waals surface area contributed by atoms with E-state index in [1.165, 1.54) is 13.0 Å². The van der Waals surface area contributed by atoms with Gasteiger partial charge in [0.15, 0.2) is 0 Å². The molecule has 0 radical (unpaired) electrons. The van der Waals surface area contributed by atoms with Crippen molar-refractivity contribution in [3.05, 3.63) is 10.8 Å². The first-order chi connectivity index (χ1) is 9.20. The highest BCUT2D eigenvalue weighted by molar-refractivity contribution is 9.10. The van der Waals surface area contributed by atoms with Crippen molar-refractivity contribution < 1.29 is 0 Å². The van der Waals surface area contributed by atoms with Crippen LogP contribution in [0.4, 0.5) is 11.6 Å². The van der Waals surface area contributed by atoms with Gasteiger partial charge in [0.25, 0.3) is 0 Å². The zero-order chi connectivity index (χ0) is 13.7. The lowest BCUT2D eigenvalue weighted by atomic mass is 10.1. The molecule has 1 aliphatic heterocycles. The van der Waals surface area contributed by atoms with Crippen molar-refractivity contribution in [1.29, 1.82) is 0 Å². The van der Waals surface area contributed by atoms with E-state index >= 15 is 0 Å². The van der Waals surface area contributed by atoms with E-state index in [4.69, 9.17) is 0 Å². The quantitative estimate of drug-likeness (QED) is 0.840. The van der Waals surface area contributed by atoms with Crippen molar-refractivity contribution in [2.45, 2.75) is 19.8 Å². The lowest BCUT2D eigenvalue weighted by molar-refractivity contribution is 0.399. The van der Waals surface area contributed by atoms with E-state index in [1.807, 2.05) is 0 Å². The Kier molecular flexibility index (Phi) is 5.39. The van der Waals surface area contributed by atoms with Gasteiger partial charge in [-0.1, -0.05) is 6.92 Å². The van der Waals surface area contributed by atoms with Gasteiger partial charge in [0, 0.05) is 19.6 Å². The van der Waals surface area contributed by atoms with E-state index in [2.05, 4.69) is 55.4 Å². The molecule has 2 heterocycles. The summed E-state index contributed by atoms with van der Waals surface area (Å²) in [6, 6.07) is 0. The Labute approximate surface area is 123 Å². The molecule has 19 heavy (non-hydrogen) atoms. The summed E-state index contributed by atoms with van der Waals surface area (Å²) in [6.07, 6.45) is 3.94. The smallest absolute Gasteiger partial charge is 0.145 e. The number of halogens is 1. The van der Waals surface area contributed by atoms with Gasteiger partial charge in [-0.05, 0) is 48.3 Å². The molecule has 0 bridgehead atoms. The highest BCUT2D eigenvalue weighted by atomic mass is 79.9. The Morgan fingerprint density at radius 3 is 2.74 bits per heavy atom. The van der Waals surface area contributed by atoms with Gasteiger partial charge >= 0.3 is 0 Å². The summed E-state index contributed by atoms with van der Waals surface area (Å²) in [7, 11) is 2.17. The maximum absolute atomic E-state index is 4.30. The predicted octanol–water partition coefficient (Wildman–Crippen LogP) is 2.42. The molecule has 1 aromatic heterocycles. The average molecular weight is 328 g/mol. The van der Waals surface area contributed by atoms with Crippen LogP contribution in [0.2, 0.25) is 0 Å². The minimum absolute atomic E-state index is 0.707. The summed E-state index contributed by atoms with van der Waals surface area (Å²) in [4.78, 5) is 10.9. The zero-order valence-electron chi connectivity index (χ0n) is 11.6. The Balaban J connectivity index is 1.92. The van der Waals surface area contributed by atoms with Crippen molar-refractivity contribution >= 4 is 27.6 Å². The van der Waals surface area contributed by atoms with Crippen molar-refractivity contribution in [1.82, 2.24) is 14.9 Å². The third kappa shape index (κ3) is 4.04. The molecule has 1 fully saturated rings. The molecule has 5 nitrogen and oxygen atoms in total. The number of likely N-dealkylation sites (tertiary alicyclic amines) is 1. The first kappa shape index (κ1) is 14.5. The lowest BCUT2D eigenvalue weighted by Gasteiger charge is -2.14. The molecule has 106 valence electrons. The molecular weight excluding hydrogens is 306 g/mol. The second-order valence-corrected chi connectivity index (χ2v) is 5.90. The molecule has 6 heteroatoms. The summed E-state index contributed by atoms with van der Waals surface area (Å²) < 4.78 is 0.926. The van der Waals surface area contributed by atoms with Crippen LogP contribution in [-0.4, -0.2) is 48.1 Å². The first-order valence-electron chi connectivity index (χ1n) is 6.87. The number of aromatic nitrogens is 2. The van der Waals surface area contributed by atoms with Gasteiger partial charge in [-0.3, -0.25) is 0 Å². The third-order valence-corrected chi connectivity index (χ3v) is 4.13. The molecule has 1 aliphatic rings. The zero-order valence-corrected chi connectivity index (χ0v) is 13.2. The molecule has 1 unspecified atom stereocenters. The minimum atomic E-state index is 0.707. The molecule has 0 spiro atoms. The second kappa shape index (κ2) is 7.05. The molecule has 0 saturated carbocycles. The van der Waals surface area contributed by atoms with Crippen LogP contribution in [0.1, 0.15) is 19.8 Å². The van der Waals surface area contributed by atoms with E-state index in [-0.39, 0.29) is 0 Å². The van der Waals surface area contributed by atoms with Crippen LogP contribution in [0.25, 0.3) is 0 Å². The van der Waals surface area contributed by atoms with Gasteiger partial charge in [0.1, 0.15) is 22.4 Å². The minimum Gasteiger partial charge on any atom is -0.369 e. The molecule has 2 rings (SSSR count). The number of rotatable bonds is 6. The molecule has 0 aromatic carbocycles. The van der Waals surface area contributed by atoms with Gasteiger partial charge in [-0.15, -0.1) is 0 Å². The van der Waals surface area contributed by atoms with Crippen LogP contribution in [0, 0.1) is 5.92 Å². The normalized spacial score (nSPS) is 19.6. The van der Waals surface area contributed by atoms with Crippen LogP contribution in [0.5, 0.6) is 0 Å². The highest BCUT2D eigenvalue weighted by Crippen LogP contribution is 2.27. The van der Waals surface area contributed by atoms with Crippen molar-refractivity contribution in [3.63, 3.8) is 0 Å². The summed E-state index contributed by atoms with van der Waals surface area (Å²) in [6.45, 7) is 6.38. The molecule has 0 aliphatic carbocycles. The largest absolute Gasteiger partial charge is 0.369 e. The van der Waals surface area contributed by atoms with Crippen LogP contribution in [0.15, 0.2) is 10.8 Å². The number of hydrogen-bond acceptors (Lipinski definition) is 5. The number of anilines is 2. The Morgan fingerprint density at radius 2 is 2.11 bits per heavy atom. The fourth-order valence-electron chi connectivity index (χ4n) is 2.29. The van der Waals surface area contributed by atoms with Crippen LogP contribution in [-0.2, 0) is 0 Å². The SMILES string of the molecule is CCCNc1ncnc(NCC2CCN(C)C2)c1Br. The molecule has 2 N–H and O–H groups in total. The summed E-state index contributed by atoms with van der Waals surface area (Å²) in [5.41, 5.74) is 0. The summed E-state index contributed by atoms with van der Waals surface area (Å²) in [5, 5.41) is 6.72. The maximum atomic E-state index is 4.30. The number of nitrogens with zero attached hydrogens (tertiary/aromatic N) is 3. The van der Waals surface area contributed by atoms with Crippen molar-refractivity contribution in [3.8, 4) is 0 Å². The number of hydrogen-bond donors (Lipinski definition) is 2. The van der Waals surface area contributed by atoms with Crippen molar-refractivity contribution in [2.24, 2.45) is 5.92 Å². The summed E-state index contributed by atoms with van der Waals surface area (Å²) >= 11 is 3.57. The Morgan fingerprint density at radius 1 is 1.37 bits per heavy atom. The Bertz CT molecular complexity index is 412.